The van der Waals surface area contributed by atoms with E-state index in [4.69, 9.17) is 4.74 Å². The van der Waals surface area contributed by atoms with E-state index in [1.54, 1.807) is 41.2 Å². The van der Waals surface area contributed by atoms with Crippen LogP contribution in [-0.2, 0) is 16.6 Å². The van der Waals surface area contributed by atoms with Crippen LogP contribution in [0.5, 0.6) is 5.75 Å². The van der Waals surface area contributed by atoms with Crippen molar-refractivity contribution in [3.05, 3.63) is 53.9 Å². The fourth-order valence-electron chi connectivity index (χ4n) is 1.71. The topological polar surface area (TPSA) is 70.4 Å². The van der Waals surface area contributed by atoms with Crippen LogP contribution in [0, 0.1) is 0 Å². The van der Waals surface area contributed by atoms with Gasteiger partial charge in [0.25, 0.3) is 0 Å². The van der Waals surface area contributed by atoms with Crippen molar-refractivity contribution in [1.82, 2.24) is 9.78 Å². The van der Waals surface area contributed by atoms with Gasteiger partial charge in [0, 0.05) is 24.4 Å². The van der Waals surface area contributed by atoms with Crippen LogP contribution in [0.2, 0.25) is 0 Å². The summed E-state index contributed by atoms with van der Waals surface area (Å²) in [6.45, 7) is -0.162. The number of aryl methyl sites for hydroxylation is 1. The Kier molecular flexibility index (Phi) is 5.08. The van der Waals surface area contributed by atoms with E-state index in [0.29, 0.717) is 11.3 Å². The summed E-state index contributed by atoms with van der Waals surface area (Å²) in [7, 11) is 3.11. The van der Waals surface area contributed by atoms with E-state index < -0.39 is 5.97 Å². The summed E-state index contributed by atoms with van der Waals surface area (Å²) < 4.78 is 11.4. The molecule has 2 aromatic rings. The molecule has 1 aromatic heterocycles. The van der Waals surface area contributed by atoms with Crippen LogP contribution in [0.3, 0.4) is 0 Å². The third kappa shape index (κ3) is 4.31. The Labute approximate surface area is 128 Å². The highest BCUT2D eigenvalue weighted by atomic mass is 16.6. The molecule has 0 N–H and O–H groups in total. The first-order chi connectivity index (χ1) is 10.6. The number of hydrogen-bond donors (Lipinski definition) is 0. The number of carbonyl (C=O) groups excluding carboxylic acids is 2. The van der Waals surface area contributed by atoms with Crippen molar-refractivity contribution in [3.63, 3.8) is 0 Å². The number of benzene rings is 1. The molecular weight excluding hydrogens is 284 g/mol. The van der Waals surface area contributed by atoms with E-state index in [0.717, 1.165) is 5.56 Å². The smallest absolute Gasteiger partial charge is 0.343 e. The van der Waals surface area contributed by atoms with E-state index in [1.165, 1.54) is 13.2 Å². The summed E-state index contributed by atoms with van der Waals surface area (Å²) in [6.07, 6.45) is 6.68. The van der Waals surface area contributed by atoms with Crippen LogP contribution in [-0.4, -0.2) is 35.2 Å². The summed E-state index contributed by atoms with van der Waals surface area (Å²) in [6, 6.07) is 6.55. The number of hydrogen-bond acceptors (Lipinski definition) is 5. The predicted molar refractivity (Wildman–Crippen MR) is 80.5 cm³/mol. The van der Waals surface area contributed by atoms with E-state index in [-0.39, 0.29) is 12.4 Å². The van der Waals surface area contributed by atoms with E-state index >= 15 is 0 Å². The third-order valence-electron chi connectivity index (χ3n) is 2.88. The second-order valence-corrected chi connectivity index (χ2v) is 4.53. The van der Waals surface area contributed by atoms with Gasteiger partial charge in [-0.25, -0.2) is 4.79 Å². The van der Waals surface area contributed by atoms with Crippen molar-refractivity contribution < 1.29 is 19.1 Å². The number of allylic oxidation sites excluding steroid dienone is 1. The molecule has 0 saturated heterocycles. The molecule has 0 spiro atoms. The molecule has 22 heavy (non-hydrogen) atoms. The van der Waals surface area contributed by atoms with Gasteiger partial charge in [-0.15, -0.1) is 0 Å². The van der Waals surface area contributed by atoms with Gasteiger partial charge >= 0.3 is 5.97 Å². The molecule has 0 aliphatic carbocycles. The Balaban J connectivity index is 1.96. The Morgan fingerprint density at radius 2 is 2.00 bits per heavy atom. The van der Waals surface area contributed by atoms with Gasteiger partial charge in [-0.1, -0.05) is 0 Å². The summed E-state index contributed by atoms with van der Waals surface area (Å²) in [5.41, 5.74) is 1.39. The Morgan fingerprint density at radius 1 is 1.27 bits per heavy atom. The maximum atomic E-state index is 12.0. The number of ether oxygens (including phenoxy) is 2. The van der Waals surface area contributed by atoms with Gasteiger partial charge in [0.1, 0.15) is 5.75 Å². The summed E-state index contributed by atoms with van der Waals surface area (Å²) >= 11 is 0. The van der Waals surface area contributed by atoms with Crippen molar-refractivity contribution >= 4 is 17.8 Å². The lowest BCUT2D eigenvalue weighted by atomic mass is 10.1. The lowest BCUT2D eigenvalue weighted by Crippen LogP contribution is -2.12. The molecule has 0 fully saturated rings. The Bertz CT molecular complexity index is 686. The second-order valence-electron chi connectivity index (χ2n) is 4.53. The first-order valence-corrected chi connectivity index (χ1v) is 6.59. The van der Waals surface area contributed by atoms with Crippen molar-refractivity contribution in [2.75, 3.05) is 13.7 Å². The molecule has 2 rings (SSSR count). The largest absolute Gasteiger partial charge is 0.482 e. The Morgan fingerprint density at radius 3 is 2.59 bits per heavy atom. The monoisotopic (exact) mass is 300 g/mol. The van der Waals surface area contributed by atoms with Gasteiger partial charge < -0.3 is 9.47 Å². The fourth-order valence-corrected chi connectivity index (χ4v) is 1.71. The number of aromatic nitrogens is 2. The molecular formula is C16H16N2O4. The number of nitrogens with zero attached hydrogens (tertiary/aromatic N) is 2. The first kappa shape index (κ1) is 15.5. The maximum absolute atomic E-state index is 12.0. The molecule has 0 unspecified atom stereocenters. The third-order valence-corrected chi connectivity index (χ3v) is 2.88. The van der Waals surface area contributed by atoms with E-state index in [2.05, 4.69) is 9.84 Å². The van der Waals surface area contributed by atoms with Crippen LogP contribution in [0.25, 0.3) is 6.08 Å². The molecule has 1 heterocycles. The SMILES string of the molecule is COC(=O)COc1ccc(C(=O)/C=C/c2cnn(C)c2)cc1. The zero-order valence-corrected chi connectivity index (χ0v) is 12.4. The van der Waals surface area contributed by atoms with Gasteiger partial charge in [-0.2, -0.15) is 5.10 Å². The van der Waals surface area contributed by atoms with Crippen molar-refractivity contribution in [2.45, 2.75) is 0 Å². The quantitative estimate of drug-likeness (QED) is 0.463. The highest BCUT2D eigenvalue weighted by Crippen LogP contribution is 2.13. The van der Waals surface area contributed by atoms with E-state index in [1.807, 2.05) is 13.2 Å². The highest BCUT2D eigenvalue weighted by molar-refractivity contribution is 6.06. The lowest BCUT2D eigenvalue weighted by Gasteiger charge is -2.04. The predicted octanol–water partition coefficient (Wildman–Crippen LogP) is 1.87. The molecule has 0 bridgehead atoms. The summed E-state index contributed by atoms with van der Waals surface area (Å²) in [4.78, 5) is 23.0. The maximum Gasteiger partial charge on any atom is 0.343 e. The van der Waals surface area contributed by atoms with Crippen molar-refractivity contribution in [1.29, 1.82) is 0 Å². The van der Waals surface area contributed by atoms with Gasteiger partial charge in [0.05, 0.1) is 13.3 Å². The standard InChI is InChI=1S/C16H16N2O4/c1-18-10-12(9-17-18)3-8-15(19)13-4-6-14(7-5-13)22-11-16(20)21-2/h3-10H,11H2,1-2H3/b8-3+. The number of rotatable bonds is 6. The first-order valence-electron chi connectivity index (χ1n) is 6.59. The Hall–Kier alpha value is -2.89. The number of ketones is 1. The average Bonchev–Trinajstić information content (AvgIpc) is 2.96. The normalized spacial score (nSPS) is 10.6. The van der Waals surface area contributed by atoms with Crippen LogP contribution in [0.4, 0.5) is 0 Å². The minimum atomic E-state index is -0.459. The van der Waals surface area contributed by atoms with Crippen LogP contribution >= 0.6 is 0 Å². The summed E-state index contributed by atoms with van der Waals surface area (Å²) in [5, 5.41) is 4.02. The van der Waals surface area contributed by atoms with Crippen molar-refractivity contribution in [3.8, 4) is 5.75 Å². The lowest BCUT2D eigenvalue weighted by molar-refractivity contribution is -0.142. The van der Waals surface area contributed by atoms with Crippen LogP contribution in [0.1, 0.15) is 15.9 Å². The zero-order chi connectivity index (χ0) is 15.9. The fraction of sp³-hybridized carbons (Fsp3) is 0.188. The molecule has 6 nitrogen and oxygen atoms in total. The van der Waals surface area contributed by atoms with Crippen molar-refractivity contribution in [2.24, 2.45) is 7.05 Å². The van der Waals surface area contributed by atoms with Gasteiger partial charge in [-0.05, 0) is 36.4 Å². The molecule has 0 atom stereocenters. The molecule has 114 valence electrons. The molecule has 0 aliphatic rings. The van der Waals surface area contributed by atoms with Gasteiger partial charge in [-0.3, -0.25) is 9.48 Å². The van der Waals surface area contributed by atoms with Crippen LogP contribution in [0.15, 0.2) is 42.7 Å². The molecule has 0 radical (unpaired) electrons. The second kappa shape index (κ2) is 7.21. The van der Waals surface area contributed by atoms with Gasteiger partial charge in [0.2, 0.25) is 0 Å². The average molecular weight is 300 g/mol. The van der Waals surface area contributed by atoms with Gasteiger partial charge in [0.15, 0.2) is 12.4 Å². The number of methoxy groups -OCH3 is 1. The minimum Gasteiger partial charge on any atom is -0.482 e. The minimum absolute atomic E-state index is 0.122. The molecule has 0 aliphatic heterocycles. The number of carbonyl (C=O) groups is 2. The van der Waals surface area contributed by atoms with Crippen LogP contribution < -0.4 is 4.74 Å². The zero-order valence-electron chi connectivity index (χ0n) is 12.4. The molecule has 1 aromatic carbocycles. The number of esters is 1. The molecule has 0 amide bonds. The molecule has 0 saturated carbocycles. The summed E-state index contributed by atoms with van der Waals surface area (Å²) in [5.74, 6) is -0.0823. The highest BCUT2D eigenvalue weighted by Gasteiger charge is 2.04. The molecule has 6 heteroatoms. The van der Waals surface area contributed by atoms with E-state index in [9.17, 15) is 9.59 Å².